The van der Waals surface area contributed by atoms with Crippen molar-refractivity contribution in [3.05, 3.63) is 34.9 Å². The number of halogens is 1. The molecule has 2 aliphatic rings. The Kier molecular flexibility index (Phi) is 4.49. The molecule has 3 rings (SSSR count). The Morgan fingerprint density at radius 2 is 1.92 bits per heavy atom. The van der Waals surface area contributed by atoms with Crippen molar-refractivity contribution in [3.8, 4) is 0 Å². The van der Waals surface area contributed by atoms with Crippen molar-refractivity contribution in [3.63, 3.8) is 0 Å². The van der Waals surface area contributed by atoms with Gasteiger partial charge in [0.05, 0.1) is 6.04 Å². The summed E-state index contributed by atoms with van der Waals surface area (Å²) in [6.07, 6.45) is 3.13. The van der Waals surface area contributed by atoms with Crippen molar-refractivity contribution in [2.24, 2.45) is 0 Å². The maximum Gasteiger partial charge on any atom is 0.325 e. The summed E-state index contributed by atoms with van der Waals surface area (Å²) in [5.41, 5.74) is 0.122. The Morgan fingerprint density at radius 1 is 1.29 bits per heavy atom. The molecule has 0 aromatic heterocycles. The maximum absolute atomic E-state index is 12.5. The molecular weight excluding hydrogens is 330 g/mol. The summed E-state index contributed by atoms with van der Waals surface area (Å²) >= 11 is 5.85. The van der Waals surface area contributed by atoms with Gasteiger partial charge in [0.15, 0.2) is 0 Å². The number of hydrogen-bond donors (Lipinski definition) is 2. The van der Waals surface area contributed by atoms with E-state index in [2.05, 4.69) is 10.6 Å². The molecule has 4 amide bonds. The summed E-state index contributed by atoms with van der Waals surface area (Å²) in [5, 5.41) is 6.20. The highest BCUT2D eigenvalue weighted by Gasteiger charge is 2.52. The molecule has 0 bridgehead atoms. The lowest BCUT2D eigenvalue weighted by atomic mass is 9.98. The molecule has 0 radical (unpaired) electrons. The Labute approximate surface area is 145 Å². The van der Waals surface area contributed by atoms with E-state index < -0.39 is 11.6 Å². The van der Waals surface area contributed by atoms with Crippen molar-refractivity contribution >= 4 is 29.4 Å². The minimum absolute atomic E-state index is 0.240. The normalized spacial score (nSPS) is 20.3. The first-order chi connectivity index (χ1) is 11.4. The molecule has 0 unspecified atom stereocenters. The quantitative estimate of drug-likeness (QED) is 0.819. The second-order valence-electron chi connectivity index (χ2n) is 6.45. The molecule has 1 spiro atoms. The van der Waals surface area contributed by atoms with Crippen molar-refractivity contribution in [2.45, 2.75) is 44.2 Å². The zero-order valence-corrected chi connectivity index (χ0v) is 14.2. The first kappa shape index (κ1) is 16.8. The topological polar surface area (TPSA) is 78.5 Å². The number of benzene rings is 1. The highest BCUT2D eigenvalue weighted by molar-refractivity contribution is 6.30. The van der Waals surface area contributed by atoms with E-state index in [1.807, 2.05) is 19.1 Å². The van der Waals surface area contributed by atoms with E-state index in [1.54, 1.807) is 12.1 Å². The molecule has 2 fully saturated rings. The largest absolute Gasteiger partial charge is 0.348 e. The van der Waals surface area contributed by atoms with Gasteiger partial charge in [-0.3, -0.25) is 14.5 Å². The summed E-state index contributed by atoms with van der Waals surface area (Å²) in [4.78, 5) is 37.8. The van der Waals surface area contributed by atoms with Crippen LogP contribution in [0.25, 0.3) is 0 Å². The lowest BCUT2D eigenvalue weighted by Crippen LogP contribution is -2.45. The SMILES string of the molecule is C[C@@H](NC(=O)CN1C(=O)NC2(CCCC2)C1=O)c1ccc(Cl)cc1. The summed E-state index contributed by atoms with van der Waals surface area (Å²) in [5.74, 6) is -0.643. The van der Waals surface area contributed by atoms with Crippen LogP contribution in [0.15, 0.2) is 24.3 Å². The standard InChI is InChI=1S/C17H20ClN3O3/c1-11(12-4-6-13(18)7-5-12)19-14(22)10-21-15(23)17(20-16(21)24)8-2-3-9-17/h4-7,11H,2-3,8-10H2,1H3,(H,19,22)(H,20,24)/t11-/m1/s1. The molecule has 1 atom stereocenters. The van der Waals surface area contributed by atoms with E-state index in [0.29, 0.717) is 17.9 Å². The number of carbonyl (C=O) groups is 3. The summed E-state index contributed by atoms with van der Waals surface area (Å²) in [7, 11) is 0. The molecule has 128 valence electrons. The number of imide groups is 1. The molecule has 7 heteroatoms. The lowest BCUT2D eigenvalue weighted by molar-refractivity contribution is -0.135. The molecule has 1 aromatic rings. The van der Waals surface area contributed by atoms with Gasteiger partial charge in [0.2, 0.25) is 5.91 Å². The number of rotatable bonds is 4. The first-order valence-corrected chi connectivity index (χ1v) is 8.48. The third-order valence-corrected chi connectivity index (χ3v) is 5.00. The molecule has 1 aromatic carbocycles. The van der Waals surface area contributed by atoms with E-state index >= 15 is 0 Å². The summed E-state index contributed by atoms with van der Waals surface area (Å²) in [6.45, 7) is 1.58. The highest BCUT2D eigenvalue weighted by Crippen LogP contribution is 2.34. The molecule has 1 aliphatic heterocycles. The van der Waals surface area contributed by atoms with Crippen LogP contribution >= 0.6 is 11.6 Å². The van der Waals surface area contributed by atoms with Gasteiger partial charge in [0, 0.05) is 5.02 Å². The van der Waals surface area contributed by atoms with Gasteiger partial charge in [-0.15, -0.1) is 0 Å². The van der Waals surface area contributed by atoms with Crippen molar-refractivity contribution in [2.75, 3.05) is 6.54 Å². The third kappa shape index (κ3) is 3.11. The van der Waals surface area contributed by atoms with Gasteiger partial charge in [-0.1, -0.05) is 36.6 Å². The predicted octanol–water partition coefficient (Wildman–Crippen LogP) is 2.38. The number of nitrogens with one attached hydrogen (secondary N) is 2. The minimum atomic E-state index is -0.779. The van der Waals surface area contributed by atoms with E-state index in [9.17, 15) is 14.4 Å². The third-order valence-electron chi connectivity index (χ3n) is 4.75. The van der Waals surface area contributed by atoms with E-state index in [1.165, 1.54) is 0 Å². The van der Waals surface area contributed by atoms with Gasteiger partial charge in [0.1, 0.15) is 12.1 Å². The number of carbonyl (C=O) groups excluding carboxylic acids is 3. The number of nitrogens with zero attached hydrogens (tertiary/aromatic N) is 1. The Bertz CT molecular complexity index is 668. The Balaban J connectivity index is 1.61. The number of amides is 4. The van der Waals surface area contributed by atoms with E-state index in [-0.39, 0.29) is 24.4 Å². The van der Waals surface area contributed by atoms with Gasteiger partial charge in [-0.05, 0) is 37.5 Å². The molecular formula is C17H20ClN3O3. The minimum Gasteiger partial charge on any atom is -0.348 e. The fourth-order valence-electron chi connectivity index (χ4n) is 3.40. The smallest absolute Gasteiger partial charge is 0.325 e. The van der Waals surface area contributed by atoms with Crippen LogP contribution in [0.5, 0.6) is 0 Å². The van der Waals surface area contributed by atoms with Crippen molar-refractivity contribution in [1.82, 2.24) is 15.5 Å². The lowest BCUT2D eigenvalue weighted by Gasteiger charge is -2.20. The molecule has 1 saturated heterocycles. The predicted molar refractivity (Wildman–Crippen MR) is 89.5 cm³/mol. The van der Waals surface area contributed by atoms with E-state index in [0.717, 1.165) is 23.3 Å². The van der Waals surface area contributed by atoms with Crippen molar-refractivity contribution < 1.29 is 14.4 Å². The fraction of sp³-hybridized carbons (Fsp3) is 0.471. The van der Waals surface area contributed by atoms with E-state index in [4.69, 9.17) is 11.6 Å². The van der Waals surface area contributed by atoms with Crippen LogP contribution < -0.4 is 10.6 Å². The molecule has 24 heavy (non-hydrogen) atoms. The maximum atomic E-state index is 12.5. The van der Waals surface area contributed by atoms with Crippen LogP contribution in [0.2, 0.25) is 5.02 Å². The van der Waals surface area contributed by atoms with Crippen LogP contribution in [-0.2, 0) is 9.59 Å². The van der Waals surface area contributed by atoms with Crippen LogP contribution in [0.3, 0.4) is 0 Å². The second kappa shape index (κ2) is 6.43. The zero-order valence-electron chi connectivity index (χ0n) is 13.5. The zero-order chi connectivity index (χ0) is 17.3. The molecule has 1 aliphatic carbocycles. The average Bonchev–Trinajstić information content (AvgIpc) is 3.09. The molecule has 6 nitrogen and oxygen atoms in total. The summed E-state index contributed by atoms with van der Waals surface area (Å²) < 4.78 is 0. The number of hydrogen-bond acceptors (Lipinski definition) is 3. The van der Waals surface area contributed by atoms with Gasteiger partial charge >= 0.3 is 6.03 Å². The van der Waals surface area contributed by atoms with Gasteiger partial charge < -0.3 is 10.6 Å². The van der Waals surface area contributed by atoms with Crippen molar-refractivity contribution in [1.29, 1.82) is 0 Å². The average molecular weight is 350 g/mol. The van der Waals surface area contributed by atoms with Crippen LogP contribution in [0, 0.1) is 0 Å². The van der Waals surface area contributed by atoms with Gasteiger partial charge in [0.25, 0.3) is 5.91 Å². The Morgan fingerprint density at radius 3 is 2.54 bits per heavy atom. The molecule has 2 N–H and O–H groups in total. The van der Waals surface area contributed by atoms with Crippen LogP contribution in [0.1, 0.15) is 44.2 Å². The fourth-order valence-corrected chi connectivity index (χ4v) is 3.53. The highest BCUT2D eigenvalue weighted by atomic mass is 35.5. The Hall–Kier alpha value is -2.08. The van der Waals surface area contributed by atoms with Crippen LogP contribution in [0.4, 0.5) is 4.79 Å². The van der Waals surface area contributed by atoms with Gasteiger partial charge in [-0.25, -0.2) is 4.79 Å². The van der Waals surface area contributed by atoms with Gasteiger partial charge in [-0.2, -0.15) is 0 Å². The second-order valence-corrected chi connectivity index (χ2v) is 6.89. The number of urea groups is 1. The first-order valence-electron chi connectivity index (χ1n) is 8.10. The van der Waals surface area contributed by atoms with Crippen LogP contribution in [-0.4, -0.2) is 34.8 Å². The monoisotopic (exact) mass is 349 g/mol. The molecule has 1 saturated carbocycles. The summed E-state index contributed by atoms with van der Waals surface area (Å²) in [6, 6.07) is 6.44. The molecule has 1 heterocycles.